The van der Waals surface area contributed by atoms with Crippen LogP contribution in [0.4, 0.5) is 0 Å². The average molecular weight is 392 g/mol. The van der Waals surface area contributed by atoms with Crippen LogP contribution in [0.25, 0.3) is 0 Å². The fourth-order valence-corrected chi connectivity index (χ4v) is 4.39. The highest BCUT2D eigenvalue weighted by Crippen LogP contribution is 2.34. The minimum atomic E-state index is -0.545. The first-order chi connectivity index (χ1) is 13.4. The summed E-state index contributed by atoms with van der Waals surface area (Å²) >= 11 is 0. The summed E-state index contributed by atoms with van der Waals surface area (Å²) in [6.07, 6.45) is 6.78. The molecule has 2 aliphatic rings. The molecule has 28 heavy (non-hydrogen) atoms. The molecule has 2 unspecified atom stereocenters. The molecule has 1 aliphatic carbocycles. The monoisotopic (exact) mass is 391 g/mol. The summed E-state index contributed by atoms with van der Waals surface area (Å²) in [5.41, 5.74) is -0.545. The maximum atomic E-state index is 12.6. The van der Waals surface area contributed by atoms with Gasteiger partial charge in [0.1, 0.15) is 5.54 Å². The van der Waals surface area contributed by atoms with E-state index in [2.05, 4.69) is 34.6 Å². The predicted octanol–water partition coefficient (Wildman–Crippen LogP) is 1.90. The SMILES string of the molecule is CC(=O)NC1(c2noc(CCC(=O)N3CCNC(C)C3C)n2)CCCCCC1. The van der Waals surface area contributed by atoms with Crippen LogP contribution < -0.4 is 10.6 Å². The maximum Gasteiger partial charge on any atom is 0.227 e. The Morgan fingerprint density at radius 2 is 1.96 bits per heavy atom. The van der Waals surface area contributed by atoms with Crippen molar-refractivity contribution >= 4 is 11.8 Å². The summed E-state index contributed by atoms with van der Waals surface area (Å²) in [6, 6.07) is 0.467. The summed E-state index contributed by atoms with van der Waals surface area (Å²) in [6.45, 7) is 7.25. The summed E-state index contributed by atoms with van der Waals surface area (Å²) in [5, 5.41) is 10.7. The van der Waals surface area contributed by atoms with Gasteiger partial charge in [-0.05, 0) is 26.7 Å². The van der Waals surface area contributed by atoms with E-state index < -0.39 is 5.54 Å². The van der Waals surface area contributed by atoms with Crippen molar-refractivity contribution in [3.63, 3.8) is 0 Å². The predicted molar refractivity (Wildman–Crippen MR) is 104 cm³/mol. The molecule has 2 amide bonds. The smallest absolute Gasteiger partial charge is 0.227 e. The zero-order valence-electron chi connectivity index (χ0n) is 17.3. The number of piperazine rings is 1. The van der Waals surface area contributed by atoms with Gasteiger partial charge >= 0.3 is 0 Å². The van der Waals surface area contributed by atoms with Gasteiger partial charge in [-0.15, -0.1) is 0 Å². The zero-order chi connectivity index (χ0) is 20.1. The molecule has 2 N–H and O–H groups in total. The molecule has 2 heterocycles. The lowest BCUT2D eigenvalue weighted by Crippen LogP contribution is -2.57. The van der Waals surface area contributed by atoms with Crippen molar-refractivity contribution in [3.05, 3.63) is 11.7 Å². The molecule has 1 saturated heterocycles. The number of rotatable bonds is 5. The highest BCUT2D eigenvalue weighted by molar-refractivity contribution is 5.77. The third-order valence-electron chi connectivity index (χ3n) is 6.18. The minimum Gasteiger partial charge on any atom is -0.343 e. The number of aryl methyl sites for hydroxylation is 1. The van der Waals surface area contributed by atoms with E-state index in [1.165, 1.54) is 6.92 Å². The van der Waals surface area contributed by atoms with Crippen LogP contribution in [0.2, 0.25) is 0 Å². The van der Waals surface area contributed by atoms with E-state index in [1.807, 2.05) is 4.90 Å². The molecule has 2 fully saturated rings. The summed E-state index contributed by atoms with van der Waals surface area (Å²) in [7, 11) is 0. The molecular weight excluding hydrogens is 358 g/mol. The van der Waals surface area contributed by atoms with Crippen molar-refractivity contribution in [2.75, 3.05) is 13.1 Å². The van der Waals surface area contributed by atoms with E-state index in [9.17, 15) is 9.59 Å². The van der Waals surface area contributed by atoms with Crippen molar-refractivity contribution in [1.29, 1.82) is 0 Å². The second-order valence-electron chi connectivity index (χ2n) is 8.26. The third-order valence-corrected chi connectivity index (χ3v) is 6.18. The molecule has 0 radical (unpaired) electrons. The second-order valence-corrected chi connectivity index (χ2v) is 8.26. The molecule has 156 valence electrons. The molecule has 1 aromatic heterocycles. The van der Waals surface area contributed by atoms with Crippen molar-refractivity contribution in [1.82, 2.24) is 25.7 Å². The van der Waals surface area contributed by atoms with Crippen LogP contribution in [0, 0.1) is 0 Å². The van der Waals surface area contributed by atoms with Gasteiger partial charge in [-0.3, -0.25) is 9.59 Å². The molecule has 8 heteroatoms. The fourth-order valence-electron chi connectivity index (χ4n) is 4.39. The van der Waals surface area contributed by atoms with E-state index in [0.717, 1.165) is 51.6 Å². The van der Waals surface area contributed by atoms with Crippen LogP contribution >= 0.6 is 0 Å². The van der Waals surface area contributed by atoms with Crippen LogP contribution in [0.15, 0.2) is 4.52 Å². The van der Waals surface area contributed by atoms with Gasteiger partial charge in [0, 0.05) is 44.9 Å². The van der Waals surface area contributed by atoms with Crippen molar-refractivity contribution in [3.8, 4) is 0 Å². The number of nitrogens with zero attached hydrogens (tertiary/aromatic N) is 3. The van der Waals surface area contributed by atoms with Gasteiger partial charge in [0.25, 0.3) is 0 Å². The molecular formula is C20H33N5O3. The molecule has 0 aromatic carbocycles. The number of carbonyl (C=O) groups excluding carboxylic acids is 2. The fraction of sp³-hybridized carbons (Fsp3) is 0.800. The van der Waals surface area contributed by atoms with E-state index >= 15 is 0 Å². The standard InChI is InChI=1S/C20H33N5O3/c1-14-15(2)25(13-12-21-14)18(27)9-8-17-22-19(24-28-17)20(23-16(3)26)10-6-4-5-7-11-20/h14-15,21H,4-13H2,1-3H3,(H,23,26). The first kappa shape index (κ1) is 20.8. The number of amides is 2. The third kappa shape index (κ3) is 4.71. The van der Waals surface area contributed by atoms with Gasteiger partial charge in [-0.1, -0.05) is 30.8 Å². The maximum absolute atomic E-state index is 12.6. The molecule has 0 spiro atoms. The molecule has 2 atom stereocenters. The van der Waals surface area contributed by atoms with E-state index in [0.29, 0.717) is 30.6 Å². The number of aromatic nitrogens is 2. The topological polar surface area (TPSA) is 100 Å². The minimum absolute atomic E-state index is 0.0785. The van der Waals surface area contributed by atoms with Crippen LogP contribution in [0.3, 0.4) is 0 Å². The van der Waals surface area contributed by atoms with Crippen molar-refractivity contribution < 1.29 is 14.1 Å². The first-order valence-electron chi connectivity index (χ1n) is 10.6. The number of nitrogens with one attached hydrogen (secondary N) is 2. The van der Waals surface area contributed by atoms with E-state index in [-0.39, 0.29) is 17.9 Å². The quantitative estimate of drug-likeness (QED) is 0.744. The Labute approximate surface area is 166 Å². The molecule has 3 rings (SSSR count). The highest BCUT2D eigenvalue weighted by atomic mass is 16.5. The Kier molecular flexibility index (Phi) is 6.69. The summed E-state index contributed by atoms with van der Waals surface area (Å²) in [4.78, 5) is 31.0. The van der Waals surface area contributed by atoms with Gasteiger partial charge in [0.05, 0.1) is 0 Å². The number of carbonyl (C=O) groups is 2. The lowest BCUT2D eigenvalue weighted by Gasteiger charge is -2.38. The molecule has 1 saturated carbocycles. The van der Waals surface area contributed by atoms with Gasteiger partial charge in [-0.2, -0.15) is 4.98 Å². The van der Waals surface area contributed by atoms with E-state index in [1.54, 1.807) is 0 Å². The molecule has 8 nitrogen and oxygen atoms in total. The first-order valence-corrected chi connectivity index (χ1v) is 10.6. The zero-order valence-corrected chi connectivity index (χ0v) is 17.3. The normalized spacial score (nSPS) is 25.2. The number of hydrogen-bond acceptors (Lipinski definition) is 6. The second kappa shape index (κ2) is 9.03. The van der Waals surface area contributed by atoms with Crippen molar-refractivity contribution in [2.24, 2.45) is 0 Å². The lowest BCUT2D eigenvalue weighted by molar-refractivity contribution is -0.134. The molecule has 0 bridgehead atoms. The Balaban J connectivity index is 1.65. The average Bonchev–Trinajstić information content (AvgIpc) is 3.02. The van der Waals surface area contributed by atoms with Gasteiger partial charge in [0.2, 0.25) is 17.7 Å². The van der Waals surface area contributed by atoms with Gasteiger partial charge in [0.15, 0.2) is 5.82 Å². The Morgan fingerprint density at radius 1 is 1.25 bits per heavy atom. The number of hydrogen-bond donors (Lipinski definition) is 2. The van der Waals surface area contributed by atoms with Crippen LogP contribution in [-0.2, 0) is 21.5 Å². The van der Waals surface area contributed by atoms with E-state index in [4.69, 9.17) is 4.52 Å². The highest BCUT2D eigenvalue weighted by Gasteiger charge is 2.38. The molecule has 1 aromatic rings. The van der Waals surface area contributed by atoms with Crippen LogP contribution in [-0.4, -0.2) is 52.0 Å². The van der Waals surface area contributed by atoms with Crippen LogP contribution in [0.1, 0.15) is 77.4 Å². The van der Waals surface area contributed by atoms with Crippen molar-refractivity contribution in [2.45, 2.75) is 89.8 Å². The van der Waals surface area contributed by atoms with Gasteiger partial charge in [-0.25, -0.2) is 0 Å². The largest absolute Gasteiger partial charge is 0.343 e. The van der Waals surface area contributed by atoms with Gasteiger partial charge < -0.3 is 20.1 Å². The molecule has 1 aliphatic heterocycles. The van der Waals surface area contributed by atoms with Crippen LogP contribution in [0.5, 0.6) is 0 Å². The Morgan fingerprint density at radius 3 is 2.64 bits per heavy atom. The Bertz CT molecular complexity index is 681. The Hall–Kier alpha value is -1.96. The lowest BCUT2D eigenvalue weighted by atomic mass is 9.89. The summed E-state index contributed by atoms with van der Waals surface area (Å²) in [5.74, 6) is 1.06. The summed E-state index contributed by atoms with van der Waals surface area (Å²) < 4.78 is 5.46.